The average molecular weight is 449 g/mol. The number of nitro groups is 1. The van der Waals surface area contributed by atoms with Crippen molar-refractivity contribution in [3.8, 4) is 11.5 Å². The average Bonchev–Trinajstić information content (AvgIpc) is 2.71. The van der Waals surface area contributed by atoms with Crippen LogP contribution in [-0.2, 0) is 14.8 Å². The lowest BCUT2D eigenvalue weighted by Gasteiger charge is -2.25. The fourth-order valence-electron chi connectivity index (χ4n) is 3.13. The molecule has 0 fully saturated rings. The Balaban J connectivity index is 1.65. The summed E-state index contributed by atoms with van der Waals surface area (Å²) in [6, 6.07) is 9.09. The van der Waals surface area contributed by atoms with E-state index in [4.69, 9.17) is 9.47 Å². The number of amides is 1. The van der Waals surface area contributed by atoms with Gasteiger partial charge >= 0.3 is 0 Å². The highest BCUT2D eigenvalue weighted by Gasteiger charge is 2.21. The van der Waals surface area contributed by atoms with Crippen molar-refractivity contribution in [2.45, 2.75) is 19.8 Å². The molecule has 1 aliphatic rings. The van der Waals surface area contributed by atoms with Crippen LogP contribution in [0, 0.1) is 17.0 Å². The van der Waals surface area contributed by atoms with E-state index in [1.165, 1.54) is 16.4 Å². The van der Waals surface area contributed by atoms with Gasteiger partial charge in [-0.15, -0.1) is 0 Å². The first kappa shape index (κ1) is 22.3. The van der Waals surface area contributed by atoms with Gasteiger partial charge in [-0.05, 0) is 31.0 Å². The number of nitrogens with zero attached hydrogens (tertiary/aromatic N) is 2. The van der Waals surface area contributed by atoms with Crippen molar-refractivity contribution >= 4 is 33.0 Å². The van der Waals surface area contributed by atoms with Crippen LogP contribution in [0.15, 0.2) is 36.4 Å². The van der Waals surface area contributed by atoms with Crippen LogP contribution in [-0.4, -0.2) is 45.3 Å². The summed E-state index contributed by atoms with van der Waals surface area (Å²) >= 11 is 0. The van der Waals surface area contributed by atoms with E-state index in [9.17, 15) is 23.3 Å². The van der Waals surface area contributed by atoms with E-state index in [2.05, 4.69) is 5.32 Å². The van der Waals surface area contributed by atoms with Gasteiger partial charge in [-0.2, -0.15) is 0 Å². The predicted octanol–water partition coefficient (Wildman–Crippen LogP) is 2.86. The van der Waals surface area contributed by atoms with Crippen LogP contribution in [0.4, 0.5) is 17.1 Å². The molecule has 0 radical (unpaired) electrons. The van der Waals surface area contributed by atoms with Crippen LogP contribution in [0.3, 0.4) is 0 Å². The lowest BCUT2D eigenvalue weighted by atomic mass is 10.1. The molecule has 0 saturated carbocycles. The van der Waals surface area contributed by atoms with Crippen molar-refractivity contribution in [1.29, 1.82) is 0 Å². The molecular weight excluding hydrogens is 426 g/mol. The standard InChI is InChI=1S/C20H23N3O7S/c1-14-5-6-16(23(25)26)12-17(14)21-20(24)4-3-9-22(31(2,27)28)15-7-8-18-19(13-15)30-11-10-29-18/h5-8,12-13H,3-4,9-11H2,1-2H3,(H,21,24). The number of aryl methyl sites for hydroxylation is 1. The van der Waals surface area contributed by atoms with Crippen LogP contribution in [0.5, 0.6) is 11.5 Å². The number of ether oxygens (including phenoxy) is 2. The van der Waals surface area contributed by atoms with E-state index >= 15 is 0 Å². The van der Waals surface area contributed by atoms with Gasteiger partial charge in [0.25, 0.3) is 5.69 Å². The maximum absolute atomic E-state index is 12.3. The van der Waals surface area contributed by atoms with Gasteiger partial charge in [0.2, 0.25) is 15.9 Å². The Bertz CT molecular complexity index is 1100. The molecule has 1 N–H and O–H groups in total. The normalized spacial score (nSPS) is 12.8. The number of carbonyl (C=O) groups excluding carboxylic acids is 1. The zero-order valence-electron chi connectivity index (χ0n) is 17.2. The zero-order chi connectivity index (χ0) is 22.6. The largest absolute Gasteiger partial charge is 0.486 e. The van der Waals surface area contributed by atoms with E-state index in [0.29, 0.717) is 41.7 Å². The minimum atomic E-state index is -3.59. The van der Waals surface area contributed by atoms with Gasteiger partial charge in [-0.3, -0.25) is 19.2 Å². The highest BCUT2D eigenvalue weighted by molar-refractivity contribution is 7.92. The Labute approximate surface area is 180 Å². The van der Waals surface area contributed by atoms with Gasteiger partial charge in [0.15, 0.2) is 11.5 Å². The molecule has 11 heteroatoms. The van der Waals surface area contributed by atoms with E-state index in [1.807, 2.05) is 0 Å². The lowest BCUT2D eigenvalue weighted by Crippen LogP contribution is -2.31. The topological polar surface area (TPSA) is 128 Å². The molecule has 0 spiro atoms. The van der Waals surface area contributed by atoms with Crippen LogP contribution >= 0.6 is 0 Å². The summed E-state index contributed by atoms with van der Waals surface area (Å²) in [7, 11) is -3.59. The maximum Gasteiger partial charge on any atom is 0.271 e. The number of rotatable bonds is 8. The van der Waals surface area contributed by atoms with E-state index < -0.39 is 14.9 Å². The number of nitrogens with one attached hydrogen (secondary N) is 1. The second kappa shape index (κ2) is 9.21. The van der Waals surface area contributed by atoms with Crippen molar-refractivity contribution in [3.63, 3.8) is 0 Å². The molecule has 2 aromatic carbocycles. The molecular formula is C20H23N3O7S. The Morgan fingerprint density at radius 2 is 1.87 bits per heavy atom. The summed E-state index contributed by atoms with van der Waals surface area (Å²) < 4.78 is 36.8. The summed E-state index contributed by atoms with van der Waals surface area (Å²) in [5.74, 6) is 0.658. The van der Waals surface area contributed by atoms with Gasteiger partial charge < -0.3 is 14.8 Å². The summed E-state index contributed by atoms with van der Waals surface area (Å²) in [5, 5.41) is 13.6. The first-order chi connectivity index (χ1) is 14.6. The molecule has 2 aromatic rings. The first-order valence-corrected chi connectivity index (χ1v) is 11.4. The predicted molar refractivity (Wildman–Crippen MR) is 115 cm³/mol. The molecule has 10 nitrogen and oxygen atoms in total. The van der Waals surface area contributed by atoms with Crippen molar-refractivity contribution in [1.82, 2.24) is 0 Å². The Morgan fingerprint density at radius 1 is 1.16 bits per heavy atom. The van der Waals surface area contributed by atoms with Gasteiger partial charge in [-0.25, -0.2) is 8.42 Å². The molecule has 0 bridgehead atoms. The number of anilines is 2. The third-order valence-corrected chi connectivity index (χ3v) is 5.88. The smallest absolute Gasteiger partial charge is 0.271 e. The van der Waals surface area contributed by atoms with Crippen LogP contribution in [0.2, 0.25) is 0 Å². The number of fused-ring (bicyclic) bond motifs is 1. The van der Waals surface area contributed by atoms with Crippen molar-refractivity contribution < 1.29 is 27.6 Å². The molecule has 3 rings (SSSR count). The van der Waals surface area contributed by atoms with Crippen molar-refractivity contribution in [3.05, 3.63) is 52.1 Å². The summed E-state index contributed by atoms with van der Waals surface area (Å²) in [4.78, 5) is 22.7. The van der Waals surface area contributed by atoms with Gasteiger partial charge in [0, 0.05) is 31.2 Å². The van der Waals surface area contributed by atoms with Gasteiger partial charge in [0.05, 0.1) is 22.6 Å². The minimum Gasteiger partial charge on any atom is -0.486 e. The highest BCUT2D eigenvalue weighted by atomic mass is 32.2. The Morgan fingerprint density at radius 3 is 2.55 bits per heavy atom. The van der Waals surface area contributed by atoms with Crippen LogP contribution in [0.1, 0.15) is 18.4 Å². The Kier molecular flexibility index (Phi) is 6.64. The van der Waals surface area contributed by atoms with Crippen LogP contribution < -0.4 is 19.1 Å². The van der Waals surface area contributed by atoms with Gasteiger partial charge in [0.1, 0.15) is 13.2 Å². The third-order valence-electron chi connectivity index (χ3n) is 4.69. The number of carbonyl (C=O) groups is 1. The van der Waals surface area contributed by atoms with Crippen LogP contribution in [0.25, 0.3) is 0 Å². The lowest BCUT2D eigenvalue weighted by molar-refractivity contribution is -0.384. The number of sulfonamides is 1. The zero-order valence-corrected chi connectivity index (χ0v) is 18.0. The summed E-state index contributed by atoms with van der Waals surface area (Å²) in [6.45, 7) is 2.63. The summed E-state index contributed by atoms with van der Waals surface area (Å²) in [5.41, 5.74) is 1.34. The molecule has 0 unspecified atom stereocenters. The second-order valence-electron chi connectivity index (χ2n) is 7.07. The molecule has 1 heterocycles. The van der Waals surface area contributed by atoms with Crippen molar-refractivity contribution in [2.24, 2.45) is 0 Å². The first-order valence-electron chi connectivity index (χ1n) is 9.57. The second-order valence-corrected chi connectivity index (χ2v) is 8.98. The molecule has 0 atom stereocenters. The monoisotopic (exact) mass is 449 g/mol. The third kappa shape index (κ3) is 5.63. The Hall–Kier alpha value is -3.34. The van der Waals surface area contributed by atoms with Gasteiger partial charge in [-0.1, -0.05) is 6.07 Å². The van der Waals surface area contributed by atoms with E-state index in [0.717, 1.165) is 6.26 Å². The molecule has 1 amide bonds. The van der Waals surface area contributed by atoms with Crippen molar-refractivity contribution in [2.75, 3.05) is 35.6 Å². The number of benzene rings is 2. The molecule has 31 heavy (non-hydrogen) atoms. The maximum atomic E-state index is 12.3. The molecule has 0 aliphatic carbocycles. The highest BCUT2D eigenvalue weighted by Crippen LogP contribution is 2.34. The molecule has 1 aliphatic heterocycles. The molecule has 166 valence electrons. The molecule has 0 saturated heterocycles. The SMILES string of the molecule is Cc1ccc([N+](=O)[O-])cc1NC(=O)CCCN(c1ccc2c(c1)OCCO2)S(C)(=O)=O. The number of non-ortho nitro benzene ring substituents is 1. The fourth-order valence-corrected chi connectivity index (χ4v) is 4.08. The van der Waals surface area contributed by atoms with E-state index in [1.54, 1.807) is 31.2 Å². The number of nitro benzene ring substituents is 1. The summed E-state index contributed by atoms with van der Waals surface area (Å²) in [6.07, 6.45) is 1.39. The van der Waals surface area contributed by atoms with E-state index in [-0.39, 0.29) is 31.0 Å². The molecule has 0 aromatic heterocycles. The minimum absolute atomic E-state index is 0.0404. The number of hydrogen-bond acceptors (Lipinski definition) is 7. The quantitative estimate of drug-likeness (QED) is 0.485. The number of hydrogen-bond donors (Lipinski definition) is 1. The fraction of sp³-hybridized carbons (Fsp3) is 0.350.